The molecule has 132 valence electrons. The van der Waals surface area contributed by atoms with Crippen LogP contribution in [0.1, 0.15) is 19.3 Å². The normalized spacial score (nSPS) is 25.5. The van der Waals surface area contributed by atoms with E-state index in [1.54, 1.807) is 12.1 Å². The summed E-state index contributed by atoms with van der Waals surface area (Å²) in [5.41, 5.74) is 0.680. The van der Waals surface area contributed by atoms with E-state index in [-0.39, 0.29) is 29.5 Å². The van der Waals surface area contributed by atoms with Crippen LogP contribution in [0, 0.1) is 5.82 Å². The van der Waals surface area contributed by atoms with Gasteiger partial charge in [-0.05, 0) is 55.7 Å². The van der Waals surface area contributed by atoms with Crippen molar-refractivity contribution >= 4 is 32.9 Å². The van der Waals surface area contributed by atoms with Gasteiger partial charge in [-0.1, -0.05) is 0 Å². The van der Waals surface area contributed by atoms with E-state index in [0.717, 1.165) is 19.4 Å². The third-order valence-corrected chi connectivity index (χ3v) is 6.52. The molecule has 1 N–H and O–H groups in total. The molecule has 1 aromatic carbocycles. The molecule has 0 saturated carbocycles. The molecule has 0 spiro atoms. The van der Waals surface area contributed by atoms with Crippen molar-refractivity contribution < 1.29 is 17.5 Å². The number of thiocarbonyl (C=S) groups is 1. The van der Waals surface area contributed by atoms with Crippen molar-refractivity contribution in [3.05, 3.63) is 30.1 Å². The number of sulfone groups is 1. The Balaban J connectivity index is 1.72. The van der Waals surface area contributed by atoms with E-state index in [1.165, 1.54) is 12.1 Å². The molecule has 2 aliphatic heterocycles. The number of benzene rings is 1. The summed E-state index contributed by atoms with van der Waals surface area (Å²) in [4.78, 5) is 1.93. The van der Waals surface area contributed by atoms with Crippen LogP contribution in [-0.2, 0) is 14.6 Å². The predicted octanol–water partition coefficient (Wildman–Crippen LogP) is 2.19. The lowest BCUT2D eigenvalue weighted by Gasteiger charge is -2.33. The average molecular weight is 372 g/mol. The Hall–Kier alpha value is -1.25. The smallest absolute Gasteiger partial charge is 0.173 e. The highest BCUT2D eigenvalue weighted by Crippen LogP contribution is 2.22. The molecule has 2 atom stereocenters. The Morgan fingerprint density at radius 3 is 2.67 bits per heavy atom. The molecule has 2 saturated heterocycles. The molecule has 0 amide bonds. The molecular formula is C16H21FN2O3S2. The van der Waals surface area contributed by atoms with Crippen LogP contribution in [0.4, 0.5) is 10.1 Å². The monoisotopic (exact) mass is 372 g/mol. The van der Waals surface area contributed by atoms with Gasteiger partial charge in [0.15, 0.2) is 14.9 Å². The van der Waals surface area contributed by atoms with Crippen molar-refractivity contribution in [2.45, 2.75) is 31.4 Å². The van der Waals surface area contributed by atoms with Crippen LogP contribution in [0.5, 0.6) is 0 Å². The fraction of sp³-hybridized carbons (Fsp3) is 0.562. The Morgan fingerprint density at radius 2 is 2.08 bits per heavy atom. The SMILES string of the molecule is O=S1(=O)CC[C@H](N(C[C@H]2CCCO2)C(=S)Nc2ccc(F)cc2)C1. The number of rotatable bonds is 4. The first kappa shape index (κ1) is 17.6. The van der Waals surface area contributed by atoms with Gasteiger partial charge in [0.25, 0.3) is 0 Å². The van der Waals surface area contributed by atoms with Crippen molar-refractivity contribution in [3.8, 4) is 0 Å². The van der Waals surface area contributed by atoms with Crippen LogP contribution in [0.2, 0.25) is 0 Å². The first-order chi connectivity index (χ1) is 11.4. The molecule has 0 aliphatic carbocycles. The molecular weight excluding hydrogens is 351 g/mol. The lowest BCUT2D eigenvalue weighted by Crippen LogP contribution is -2.47. The molecule has 2 heterocycles. The van der Waals surface area contributed by atoms with Gasteiger partial charge in [0.05, 0.1) is 17.6 Å². The van der Waals surface area contributed by atoms with E-state index in [2.05, 4.69) is 5.32 Å². The van der Waals surface area contributed by atoms with E-state index < -0.39 is 9.84 Å². The second-order valence-electron chi connectivity index (χ2n) is 6.28. The molecule has 5 nitrogen and oxygen atoms in total. The van der Waals surface area contributed by atoms with Crippen LogP contribution in [0.3, 0.4) is 0 Å². The molecule has 2 fully saturated rings. The minimum absolute atomic E-state index is 0.0706. The Labute approximate surface area is 147 Å². The number of hydrogen-bond acceptors (Lipinski definition) is 4. The largest absolute Gasteiger partial charge is 0.376 e. The quantitative estimate of drug-likeness (QED) is 0.818. The van der Waals surface area contributed by atoms with Crippen molar-refractivity contribution in [1.82, 2.24) is 4.90 Å². The van der Waals surface area contributed by atoms with Crippen LogP contribution in [-0.4, -0.2) is 55.2 Å². The summed E-state index contributed by atoms with van der Waals surface area (Å²) in [6.07, 6.45) is 2.61. The van der Waals surface area contributed by atoms with Gasteiger partial charge in [0.1, 0.15) is 5.82 Å². The molecule has 2 aliphatic rings. The molecule has 3 rings (SSSR count). The summed E-state index contributed by atoms with van der Waals surface area (Å²) >= 11 is 5.51. The van der Waals surface area contributed by atoms with Crippen LogP contribution in [0.25, 0.3) is 0 Å². The van der Waals surface area contributed by atoms with Gasteiger partial charge in [0, 0.05) is 24.9 Å². The number of anilines is 1. The van der Waals surface area contributed by atoms with Crippen molar-refractivity contribution in [3.63, 3.8) is 0 Å². The number of halogens is 1. The summed E-state index contributed by atoms with van der Waals surface area (Å²) in [7, 11) is -3.01. The second kappa shape index (κ2) is 7.33. The van der Waals surface area contributed by atoms with Crippen molar-refractivity contribution in [2.24, 2.45) is 0 Å². The molecule has 1 aromatic rings. The first-order valence-corrected chi connectivity index (χ1v) is 10.3. The zero-order valence-electron chi connectivity index (χ0n) is 13.3. The summed E-state index contributed by atoms with van der Waals surface area (Å²) in [5, 5.41) is 3.55. The lowest BCUT2D eigenvalue weighted by molar-refractivity contribution is 0.0851. The Morgan fingerprint density at radius 1 is 1.33 bits per heavy atom. The summed E-state index contributed by atoms with van der Waals surface area (Å²) < 4.78 is 42.4. The summed E-state index contributed by atoms with van der Waals surface area (Å²) in [5.74, 6) is -0.00588. The third-order valence-electron chi connectivity index (χ3n) is 4.43. The topological polar surface area (TPSA) is 58.6 Å². The average Bonchev–Trinajstić information content (AvgIpc) is 3.16. The Bertz CT molecular complexity index is 688. The first-order valence-electron chi connectivity index (χ1n) is 8.08. The molecule has 0 unspecified atom stereocenters. The van der Waals surface area contributed by atoms with Gasteiger partial charge in [-0.25, -0.2) is 12.8 Å². The van der Waals surface area contributed by atoms with Crippen LogP contribution in [0.15, 0.2) is 24.3 Å². The highest BCUT2D eigenvalue weighted by molar-refractivity contribution is 7.91. The van der Waals surface area contributed by atoms with E-state index in [9.17, 15) is 12.8 Å². The minimum atomic E-state index is -3.01. The summed E-state index contributed by atoms with van der Waals surface area (Å²) in [6, 6.07) is 5.79. The minimum Gasteiger partial charge on any atom is -0.376 e. The molecule has 0 aromatic heterocycles. The van der Waals surface area contributed by atoms with E-state index in [1.807, 2.05) is 4.90 Å². The zero-order valence-corrected chi connectivity index (χ0v) is 14.9. The fourth-order valence-electron chi connectivity index (χ4n) is 3.16. The maximum atomic E-state index is 13.0. The van der Waals surface area contributed by atoms with Gasteiger partial charge in [-0.2, -0.15) is 0 Å². The number of nitrogens with zero attached hydrogens (tertiary/aromatic N) is 1. The third kappa shape index (κ3) is 4.43. The van der Waals surface area contributed by atoms with Crippen LogP contribution >= 0.6 is 12.2 Å². The molecule has 24 heavy (non-hydrogen) atoms. The van der Waals surface area contributed by atoms with Gasteiger partial charge in [-0.15, -0.1) is 0 Å². The maximum Gasteiger partial charge on any atom is 0.173 e. The van der Waals surface area contributed by atoms with Crippen molar-refractivity contribution in [1.29, 1.82) is 0 Å². The van der Waals surface area contributed by atoms with E-state index in [0.29, 0.717) is 23.8 Å². The Kier molecular flexibility index (Phi) is 5.36. The van der Waals surface area contributed by atoms with Gasteiger partial charge < -0.3 is 15.0 Å². The van der Waals surface area contributed by atoms with Crippen molar-refractivity contribution in [2.75, 3.05) is 30.0 Å². The van der Waals surface area contributed by atoms with Gasteiger partial charge in [-0.3, -0.25) is 0 Å². The lowest BCUT2D eigenvalue weighted by atomic mass is 10.2. The molecule has 0 bridgehead atoms. The zero-order chi connectivity index (χ0) is 17.2. The highest BCUT2D eigenvalue weighted by atomic mass is 32.2. The fourth-order valence-corrected chi connectivity index (χ4v) is 5.23. The van der Waals surface area contributed by atoms with Gasteiger partial charge >= 0.3 is 0 Å². The van der Waals surface area contributed by atoms with E-state index >= 15 is 0 Å². The summed E-state index contributed by atoms with van der Waals surface area (Å²) in [6.45, 7) is 1.31. The van der Waals surface area contributed by atoms with E-state index in [4.69, 9.17) is 17.0 Å². The standard InChI is InChI=1S/C16H21FN2O3S2/c17-12-3-5-13(6-4-12)18-16(23)19(10-15-2-1-8-22-15)14-7-9-24(20,21)11-14/h3-6,14-15H,1-2,7-11H2,(H,18,23)/t14-,15+/m0/s1. The number of nitrogens with one attached hydrogen (secondary N) is 1. The van der Waals surface area contributed by atoms with Crippen LogP contribution < -0.4 is 5.32 Å². The maximum absolute atomic E-state index is 13.0. The molecule has 0 radical (unpaired) electrons. The number of ether oxygens (including phenoxy) is 1. The number of hydrogen-bond donors (Lipinski definition) is 1. The molecule has 8 heteroatoms. The predicted molar refractivity (Wildman–Crippen MR) is 95.4 cm³/mol. The highest BCUT2D eigenvalue weighted by Gasteiger charge is 2.35. The van der Waals surface area contributed by atoms with Gasteiger partial charge in [0.2, 0.25) is 0 Å². The second-order valence-corrected chi connectivity index (χ2v) is 8.90.